The number of fused-ring (bicyclic) bond motifs is 1. The minimum absolute atomic E-state index is 0.160. The Balaban J connectivity index is 2.12. The van der Waals surface area contributed by atoms with Gasteiger partial charge in [-0.15, -0.1) is 0 Å². The highest BCUT2D eigenvalue weighted by molar-refractivity contribution is 9.10. The Bertz CT molecular complexity index is 368. The van der Waals surface area contributed by atoms with Crippen LogP contribution in [0.1, 0.15) is 49.3 Å². The summed E-state index contributed by atoms with van der Waals surface area (Å²) in [7, 11) is 0. The van der Waals surface area contributed by atoms with E-state index >= 15 is 0 Å². The normalized spacial score (nSPS) is 26.3. The molecular formula is C10H14BrN3. The summed E-state index contributed by atoms with van der Waals surface area (Å²) in [6, 6.07) is 0. The number of aromatic nitrogens is 2. The zero-order chi connectivity index (χ0) is 9.71. The molecule has 1 aromatic heterocycles. The van der Waals surface area contributed by atoms with Crippen molar-refractivity contribution in [3.8, 4) is 0 Å². The van der Waals surface area contributed by atoms with Gasteiger partial charge in [-0.3, -0.25) is 0 Å². The first-order valence-electron chi connectivity index (χ1n) is 5.29. The summed E-state index contributed by atoms with van der Waals surface area (Å²) in [4.78, 5) is 4.60. The molecule has 76 valence electrons. The van der Waals surface area contributed by atoms with Crippen LogP contribution in [0.4, 0.5) is 0 Å². The van der Waals surface area contributed by atoms with Gasteiger partial charge in [-0.25, -0.2) is 4.98 Å². The molecule has 0 amide bonds. The zero-order valence-electron chi connectivity index (χ0n) is 8.04. The molecule has 0 radical (unpaired) electrons. The summed E-state index contributed by atoms with van der Waals surface area (Å²) < 4.78 is 3.29. The molecule has 0 spiro atoms. The van der Waals surface area contributed by atoms with Crippen molar-refractivity contribution in [2.75, 3.05) is 0 Å². The van der Waals surface area contributed by atoms with Crippen molar-refractivity contribution in [2.24, 2.45) is 5.73 Å². The lowest BCUT2D eigenvalue weighted by atomic mass is 10.1. The van der Waals surface area contributed by atoms with E-state index in [9.17, 15) is 0 Å². The number of rotatable bonds is 1. The van der Waals surface area contributed by atoms with Crippen LogP contribution in [0.3, 0.4) is 0 Å². The third-order valence-electron chi connectivity index (χ3n) is 3.18. The van der Waals surface area contributed by atoms with E-state index in [1.54, 1.807) is 0 Å². The Labute approximate surface area is 91.8 Å². The van der Waals surface area contributed by atoms with E-state index in [0.29, 0.717) is 5.92 Å². The molecule has 1 aliphatic carbocycles. The van der Waals surface area contributed by atoms with Crippen LogP contribution < -0.4 is 5.73 Å². The molecule has 1 fully saturated rings. The predicted molar refractivity (Wildman–Crippen MR) is 58.1 cm³/mol. The van der Waals surface area contributed by atoms with Gasteiger partial charge in [0.25, 0.3) is 0 Å². The molecule has 1 saturated carbocycles. The Morgan fingerprint density at radius 3 is 2.86 bits per heavy atom. The fraction of sp³-hybridized carbons (Fsp3) is 0.700. The van der Waals surface area contributed by atoms with Crippen LogP contribution in [0, 0.1) is 0 Å². The SMILES string of the molecule is NC1CCCc2c(Br)nc(C3CC3)n21. The van der Waals surface area contributed by atoms with Crippen LogP contribution >= 0.6 is 15.9 Å². The van der Waals surface area contributed by atoms with Crippen molar-refractivity contribution in [1.29, 1.82) is 0 Å². The monoisotopic (exact) mass is 255 g/mol. The van der Waals surface area contributed by atoms with Crippen LogP contribution in [-0.4, -0.2) is 9.55 Å². The average Bonchev–Trinajstić information content (AvgIpc) is 2.94. The minimum atomic E-state index is 0.160. The molecule has 3 nitrogen and oxygen atoms in total. The second-order valence-electron chi connectivity index (χ2n) is 4.31. The molecule has 4 heteroatoms. The van der Waals surface area contributed by atoms with E-state index in [1.165, 1.54) is 30.8 Å². The summed E-state index contributed by atoms with van der Waals surface area (Å²) in [5, 5.41) is 0. The van der Waals surface area contributed by atoms with Crippen LogP contribution in [0.2, 0.25) is 0 Å². The molecule has 0 aromatic carbocycles. The summed E-state index contributed by atoms with van der Waals surface area (Å²) in [5.41, 5.74) is 7.44. The molecule has 14 heavy (non-hydrogen) atoms. The van der Waals surface area contributed by atoms with Crippen molar-refractivity contribution >= 4 is 15.9 Å². The smallest absolute Gasteiger partial charge is 0.127 e. The highest BCUT2D eigenvalue weighted by Crippen LogP contribution is 2.43. The summed E-state index contributed by atoms with van der Waals surface area (Å²) in [6.45, 7) is 0. The second kappa shape index (κ2) is 3.07. The molecule has 1 unspecified atom stereocenters. The molecule has 2 N–H and O–H groups in total. The maximum Gasteiger partial charge on any atom is 0.127 e. The highest BCUT2D eigenvalue weighted by Gasteiger charge is 2.33. The molecule has 2 heterocycles. The first-order chi connectivity index (χ1) is 6.77. The summed E-state index contributed by atoms with van der Waals surface area (Å²) >= 11 is 3.54. The van der Waals surface area contributed by atoms with Gasteiger partial charge in [0.2, 0.25) is 0 Å². The number of imidazole rings is 1. The zero-order valence-corrected chi connectivity index (χ0v) is 9.63. The van der Waals surface area contributed by atoms with Gasteiger partial charge in [0.15, 0.2) is 0 Å². The lowest BCUT2D eigenvalue weighted by molar-refractivity contribution is 0.401. The quantitative estimate of drug-likeness (QED) is 0.837. The predicted octanol–water partition coefficient (Wildman–Crippen LogP) is 2.32. The number of nitrogens with two attached hydrogens (primary N) is 1. The summed E-state index contributed by atoms with van der Waals surface area (Å²) in [6.07, 6.45) is 6.14. The van der Waals surface area contributed by atoms with Crippen molar-refractivity contribution in [2.45, 2.75) is 44.2 Å². The molecular weight excluding hydrogens is 242 g/mol. The third kappa shape index (κ3) is 1.24. The number of hydrogen-bond donors (Lipinski definition) is 1. The van der Waals surface area contributed by atoms with Crippen molar-refractivity contribution in [1.82, 2.24) is 9.55 Å². The third-order valence-corrected chi connectivity index (χ3v) is 3.81. The fourth-order valence-electron chi connectivity index (χ4n) is 2.29. The van der Waals surface area contributed by atoms with Crippen LogP contribution in [0.25, 0.3) is 0 Å². The van der Waals surface area contributed by atoms with Gasteiger partial charge in [-0.2, -0.15) is 0 Å². The number of hydrogen-bond acceptors (Lipinski definition) is 2. The first-order valence-corrected chi connectivity index (χ1v) is 6.08. The molecule has 1 aromatic rings. The lowest BCUT2D eigenvalue weighted by Gasteiger charge is -2.23. The van der Waals surface area contributed by atoms with Crippen molar-refractivity contribution < 1.29 is 0 Å². The topological polar surface area (TPSA) is 43.8 Å². The van der Waals surface area contributed by atoms with Crippen molar-refractivity contribution in [3.63, 3.8) is 0 Å². The van der Waals surface area contributed by atoms with E-state index in [1.807, 2.05) is 0 Å². The fourth-order valence-corrected chi connectivity index (χ4v) is 2.86. The standard InChI is InChI=1S/C10H14BrN3/c11-9-7-2-1-3-8(12)14(7)10(13-9)6-4-5-6/h6,8H,1-5,12H2. The maximum absolute atomic E-state index is 6.13. The van der Waals surface area contributed by atoms with Gasteiger partial charge < -0.3 is 10.3 Å². The summed E-state index contributed by atoms with van der Waals surface area (Å²) in [5.74, 6) is 1.91. The highest BCUT2D eigenvalue weighted by atomic mass is 79.9. The Morgan fingerprint density at radius 1 is 1.36 bits per heavy atom. The van der Waals surface area contributed by atoms with E-state index in [4.69, 9.17) is 5.73 Å². The first kappa shape index (κ1) is 8.92. The molecule has 3 rings (SSSR count). The van der Waals surface area contributed by atoms with E-state index in [2.05, 4.69) is 25.5 Å². The van der Waals surface area contributed by atoms with Crippen LogP contribution in [-0.2, 0) is 6.42 Å². The second-order valence-corrected chi connectivity index (χ2v) is 5.06. The van der Waals surface area contributed by atoms with Gasteiger partial charge >= 0.3 is 0 Å². The van der Waals surface area contributed by atoms with Gasteiger partial charge in [-0.1, -0.05) is 0 Å². The van der Waals surface area contributed by atoms with E-state index in [0.717, 1.165) is 17.4 Å². The molecule has 0 bridgehead atoms. The average molecular weight is 256 g/mol. The Morgan fingerprint density at radius 2 is 2.14 bits per heavy atom. The molecule has 1 aliphatic heterocycles. The maximum atomic E-state index is 6.13. The van der Waals surface area contributed by atoms with Gasteiger partial charge in [0.1, 0.15) is 10.4 Å². The largest absolute Gasteiger partial charge is 0.315 e. The Kier molecular flexibility index (Phi) is 1.96. The molecule has 0 saturated heterocycles. The van der Waals surface area contributed by atoms with Crippen LogP contribution in [0.5, 0.6) is 0 Å². The Hall–Kier alpha value is -0.350. The van der Waals surface area contributed by atoms with E-state index < -0.39 is 0 Å². The molecule has 1 atom stereocenters. The number of halogens is 1. The number of nitrogens with zero attached hydrogens (tertiary/aromatic N) is 2. The minimum Gasteiger partial charge on any atom is -0.315 e. The van der Waals surface area contributed by atoms with Gasteiger partial charge in [0, 0.05) is 5.92 Å². The lowest BCUT2D eigenvalue weighted by Crippen LogP contribution is -2.26. The van der Waals surface area contributed by atoms with Crippen molar-refractivity contribution in [3.05, 3.63) is 16.1 Å². The van der Waals surface area contributed by atoms with Gasteiger partial charge in [0.05, 0.1) is 11.9 Å². The molecule has 2 aliphatic rings. The van der Waals surface area contributed by atoms with Crippen LogP contribution in [0.15, 0.2) is 4.60 Å². The van der Waals surface area contributed by atoms with Gasteiger partial charge in [-0.05, 0) is 48.0 Å². The van der Waals surface area contributed by atoms with E-state index in [-0.39, 0.29) is 6.17 Å².